The van der Waals surface area contributed by atoms with Crippen molar-refractivity contribution in [2.24, 2.45) is 10.8 Å². The maximum Gasteiger partial charge on any atom is 0.193 e. The van der Waals surface area contributed by atoms with Crippen molar-refractivity contribution in [3.05, 3.63) is 11.1 Å². The molecule has 0 amide bonds. The molecule has 112 valence electrons. The van der Waals surface area contributed by atoms with E-state index in [1.165, 1.54) is 13.8 Å². The van der Waals surface area contributed by atoms with E-state index >= 15 is 0 Å². The van der Waals surface area contributed by atoms with E-state index in [4.69, 9.17) is 0 Å². The fraction of sp³-hybridized carbons (Fsp3) is 0.800. The van der Waals surface area contributed by atoms with Crippen LogP contribution < -0.4 is 0 Å². The zero-order valence-electron chi connectivity index (χ0n) is 12.3. The maximum absolute atomic E-state index is 12.6. The van der Waals surface area contributed by atoms with Crippen molar-refractivity contribution >= 4 is 5.78 Å². The van der Waals surface area contributed by atoms with Crippen molar-refractivity contribution in [3.63, 3.8) is 0 Å². The number of ketones is 1. The van der Waals surface area contributed by atoms with Gasteiger partial charge in [-0.25, -0.2) is 0 Å². The summed E-state index contributed by atoms with van der Waals surface area (Å²) in [6.07, 6.45) is -1.23. The van der Waals surface area contributed by atoms with Crippen LogP contribution in [0.5, 0.6) is 0 Å². The minimum Gasteiger partial charge on any atom is -0.388 e. The number of aliphatic hydroxyl groups is 4. The van der Waals surface area contributed by atoms with Gasteiger partial charge < -0.3 is 20.4 Å². The summed E-state index contributed by atoms with van der Waals surface area (Å²) in [4.78, 5) is 12.6. The van der Waals surface area contributed by atoms with Gasteiger partial charge in [0.1, 0.15) is 5.60 Å². The molecule has 0 aromatic rings. The Morgan fingerprint density at radius 1 is 0.950 bits per heavy atom. The first-order valence-electron chi connectivity index (χ1n) is 7.03. The Morgan fingerprint density at radius 2 is 1.45 bits per heavy atom. The van der Waals surface area contributed by atoms with E-state index in [0.29, 0.717) is 12.8 Å². The van der Waals surface area contributed by atoms with Crippen LogP contribution in [0, 0.1) is 10.8 Å². The van der Waals surface area contributed by atoms with Crippen LogP contribution in [0.2, 0.25) is 0 Å². The number of Topliss-reactive ketones (excluding diaryl/α,β-unsaturated/α-hetero) is 1. The molecule has 4 atom stereocenters. The molecule has 4 N–H and O–H groups in total. The lowest BCUT2D eigenvalue weighted by molar-refractivity contribution is -0.160. The molecule has 0 aromatic heterocycles. The second-order valence-corrected chi connectivity index (χ2v) is 7.51. The van der Waals surface area contributed by atoms with Crippen molar-refractivity contribution in [2.45, 2.75) is 63.9 Å². The van der Waals surface area contributed by atoms with E-state index in [2.05, 4.69) is 0 Å². The number of rotatable bonds is 0. The number of carbonyl (C=O) groups is 1. The first-order valence-corrected chi connectivity index (χ1v) is 7.03. The van der Waals surface area contributed by atoms with Gasteiger partial charge in [-0.2, -0.15) is 0 Å². The van der Waals surface area contributed by atoms with Crippen LogP contribution in [0.3, 0.4) is 0 Å². The summed E-state index contributed by atoms with van der Waals surface area (Å²) >= 11 is 0. The van der Waals surface area contributed by atoms with Gasteiger partial charge in [-0.15, -0.1) is 0 Å². The normalized spacial score (nSPS) is 48.7. The van der Waals surface area contributed by atoms with Gasteiger partial charge in [-0.3, -0.25) is 4.79 Å². The third-order valence-corrected chi connectivity index (χ3v) is 6.07. The van der Waals surface area contributed by atoms with E-state index in [9.17, 15) is 25.2 Å². The summed E-state index contributed by atoms with van der Waals surface area (Å²) in [5.41, 5.74) is -4.92. The molecule has 5 nitrogen and oxygen atoms in total. The predicted octanol–water partition coefficient (Wildman–Crippen LogP) is -0.0905. The third-order valence-electron chi connectivity index (χ3n) is 6.07. The van der Waals surface area contributed by atoms with Crippen molar-refractivity contribution < 1.29 is 25.2 Å². The second-order valence-electron chi connectivity index (χ2n) is 7.51. The van der Waals surface area contributed by atoms with E-state index in [0.717, 1.165) is 0 Å². The maximum atomic E-state index is 12.6. The molecule has 1 spiro atoms. The smallest absolute Gasteiger partial charge is 0.193 e. The third kappa shape index (κ3) is 1.18. The minimum atomic E-state index is -1.71. The largest absolute Gasteiger partial charge is 0.388 e. The fourth-order valence-electron chi connectivity index (χ4n) is 4.27. The van der Waals surface area contributed by atoms with Gasteiger partial charge in [0, 0.05) is 22.0 Å². The molecule has 3 aliphatic carbocycles. The first-order chi connectivity index (χ1) is 8.93. The van der Waals surface area contributed by atoms with Crippen LogP contribution in [0.1, 0.15) is 40.5 Å². The lowest BCUT2D eigenvalue weighted by Gasteiger charge is -2.48. The summed E-state index contributed by atoms with van der Waals surface area (Å²) in [6.45, 7) is 6.25. The van der Waals surface area contributed by atoms with Crippen LogP contribution in [0.25, 0.3) is 0 Å². The molecule has 0 unspecified atom stereocenters. The monoisotopic (exact) mass is 282 g/mol. The van der Waals surface area contributed by atoms with Gasteiger partial charge in [0.15, 0.2) is 5.78 Å². The second kappa shape index (κ2) is 3.35. The Hall–Kier alpha value is -0.750. The SMILES string of the molecule is CC1(C)[C@H](O)C2=C([C@H]1O)[C@](C)(O)C1(CC1)[C@@](C)(O)C2=O. The van der Waals surface area contributed by atoms with Crippen molar-refractivity contribution in [1.29, 1.82) is 0 Å². The zero-order chi connectivity index (χ0) is 15.3. The molecule has 0 bridgehead atoms. The Kier molecular flexibility index (Phi) is 2.38. The standard InChI is InChI=1S/C15H22O5/c1-12(2)9(16)7-8(11(12)18)13(3,19)15(5-6-15)14(4,20)10(7)17/h9,11,16,18-20H,5-6H2,1-4H3/t9-,11-,13+,14+/m1/s1. The summed E-state index contributed by atoms with van der Waals surface area (Å²) in [5, 5.41) is 42.5. The first kappa shape index (κ1) is 14.2. The molecule has 20 heavy (non-hydrogen) atoms. The lowest BCUT2D eigenvalue weighted by Crippen LogP contribution is -2.61. The Bertz CT molecular complexity index is 536. The van der Waals surface area contributed by atoms with E-state index in [1.54, 1.807) is 13.8 Å². The molecular formula is C15H22O5. The summed E-state index contributed by atoms with van der Waals surface area (Å²) in [5.74, 6) is -0.561. The van der Waals surface area contributed by atoms with Gasteiger partial charge in [0.05, 0.1) is 17.8 Å². The molecule has 0 aromatic carbocycles. The molecule has 0 radical (unpaired) electrons. The molecule has 0 heterocycles. The van der Waals surface area contributed by atoms with Crippen LogP contribution in [-0.2, 0) is 4.79 Å². The highest BCUT2D eigenvalue weighted by Crippen LogP contribution is 2.68. The highest BCUT2D eigenvalue weighted by molar-refractivity contribution is 6.06. The van der Waals surface area contributed by atoms with Crippen LogP contribution in [-0.4, -0.2) is 49.6 Å². The predicted molar refractivity (Wildman–Crippen MR) is 70.7 cm³/mol. The highest BCUT2D eigenvalue weighted by Gasteiger charge is 2.76. The van der Waals surface area contributed by atoms with Crippen LogP contribution >= 0.6 is 0 Å². The molecule has 0 saturated heterocycles. The topological polar surface area (TPSA) is 98.0 Å². The molecule has 5 heteroatoms. The molecular weight excluding hydrogens is 260 g/mol. The number of hydrogen-bond donors (Lipinski definition) is 4. The number of carbonyl (C=O) groups excluding carboxylic acids is 1. The van der Waals surface area contributed by atoms with Crippen LogP contribution in [0.15, 0.2) is 11.1 Å². The van der Waals surface area contributed by atoms with Gasteiger partial charge in [-0.1, -0.05) is 13.8 Å². The van der Waals surface area contributed by atoms with E-state index < -0.39 is 40.0 Å². The Labute approximate surface area is 117 Å². The molecule has 1 saturated carbocycles. The highest BCUT2D eigenvalue weighted by atomic mass is 16.3. The van der Waals surface area contributed by atoms with Gasteiger partial charge in [0.25, 0.3) is 0 Å². The van der Waals surface area contributed by atoms with Crippen LogP contribution in [0.4, 0.5) is 0 Å². The lowest BCUT2D eigenvalue weighted by atomic mass is 9.61. The van der Waals surface area contributed by atoms with Gasteiger partial charge >= 0.3 is 0 Å². The van der Waals surface area contributed by atoms with E-state index in [1.807, 2.05) is 0 Å². The molecule has 3 rings (SSSR count). The van der Waals surface area contributed by atoms with Gasteiger partial charge in [-0.05, 0) is 26.7 Å². The van der Waals surface area contributed by atoms with Crippen molar-refractivity contribution in [2.75, 3.05) is 0 Å². The molecule has 3 aliphatic rings. The quantitative estimate of drug-likeness (QED) is 0.498. The zero-order valence-corrected chi connectivity index (χ0v) is 12.3. The Morgan fingerprint density at radius 3 is 1.90 bits per heavy atom. The van der Waals surface area contributed by atoms with Crippen molar-refractivity contribution in [1.82, 2.24) is 0 Å². The van der Waals surface area contributed by atoms with Gasteiger partial charge in [0.2, 0.25) is 0 Å². The fourth-order valence-corrected chi connectivity index (χ4v) is 4.27. The van der Waals surface area contributed by atoms with Crippen molar-refractivity contribution in [3.8, 4) is 0 Å². The minimum absolute atomic E-state index is 0.00461. The number of hydrogen-bond acceptors (Lipinski definition) is 5. The number of aliphatic hydroxyl groups excluding tert-OH is 2. The molecule has 0 aliphatic heterocycles. The van der Waals surface area contributed by atoms with E-state index in [-0.39, 0.29) is 11.1 Å². The summed E-state index contributed by atoms with van der Waals surface area (Å²) < 4.78 is 0. The molecule has 1 fully saturated rings. The summed E-state index contributed by atoms with van der Waals surface area (Å²) in [7, 11) is 0. The average Bonchev–Trinajstić information content (AvgIpc) is 3.10. The Balaban J connectivity index is 2.28. The summed E-state index contributed by atoms with van der Waals surface area (Å²) in [6, 6.07) is 0. The average molecular weight is 282 g/mol.